The topological polar surface area (TPSA) is 86.0 Å². The number of rotatable bonds is 6. The highest BCUT2D eigenvalue weighted by molar-refractivity contribution is 5.93. The van der Waals surface area contributed by atoms with Crippen molar-refractivity contribution in [3.63, 3.8) is 0 Å². The van der Waals surface area contributed by atoms with Crippen molar-refractivity contribution < 1.29 is 23.8 Å². The second kappa shape index (κ2) is 7.78. The third kappa shape index (κ3) is 3.84. The van der Waals surface area contributed by atoms with Gasteiger partial charge in [-0.2, -0.15) is 0 Å². The van der Waals surface area contributed by atoms with Gasteiger partial charge in [-0.25, -0.2) is 4.79 Å². The van der Waals surface area contributed by atoms with Gasteiger partial charge in [-0.1, -0.05) is 18.2 Å². The first-order valence-electron chi connectivity index (χ1n) is 8.32. The highest BCUT2D eigenvalue weighted by Gasteiger charge is 2.15. The van der Waals surface area contributed by atoms with Gasteiger partial charge in [0, 0.05) is 0 Å². The molecule has 138 valence electrons. The van der Waals surface area contributed by atoms with E-state index in [-0.39, 0.29) is 29.1 Å². The minimum atomic E-state index is -1.11. The van der Waals surface area contributed by atoms with Crippen molar-refractivity contribution in [1.82, 2.24) is 0 Å². The van der Waals surface area contributed by atoms with Crippen LogP contribution in [0.15, 0.2) is 51.7 Å². The van der Waals surface area contributed by atoms with Crippen LogP contribution in [0.5, 0.6) is 11.5 Å². The summed E-state index contributed by atoms with van der Waals surface area (Å²) in [6, 6.07) is 11.6. The van der Waals surface area contributed by atoms with E-state index in [0.29, 0.717) is 11.3 Å². The first-order valence-corrected chi connectivity index (χ1v) is 8.32. The minimum absolute atomic E-state index is 0.0110. The molecule has 0 radical (unpaired) electrons. The van der Waals surface area contributed by atoms with Crippen LogP contribution in [0.2, 0.25) is 0 Å². The Morgan fingerprint density at radius 1 is 1.19 bits per heavy atom. The van der Waals surface area contributed by atoms with E-state index in [4.69, 9.17) is 19.0 Å². The van der Waals surface area contributed by atoms with Crippen LogP contribution in [-0.2, 0) is 0 Å². The molecule has 1 aromatic heterocycles. The molecule has 0 saturated heterocycles. The standard InChI is InChI=1S/C21H18O6/c1-3-26-20-18(9-7-13-5-4-6-15(11-13)25-2)27-17-10-8-14(21(23)24)12-16(17)19(20)22/h4-12H,3H2,1-2H3,(H,23,24). The molecule has 0 fully saturated rings. The van der Waals surface area contributed by atoms with Gasteiger partial charge in [-0.15, -0.1) is 0 Å². The molecule has 0 saturated carbocycles. The molecule has 3 aromatic rings. The maximum absolute atomic E-state index is 12.8. The molecule has 0 aliphatic carbocycles. The number of carboxylic acid groups (broad SMARTS) is 1. The van der Waals surface area contributed by atoms with E-state index in [1.165, 1.54) is 18.2 Å². The van der Waals surface area contributed by atoms with E-state index in [1.807, 2.05) is 24.3 Å². The lowest BCUT2D eigenvalue weighted by Gasteiger charge is -2.08. The third-order valence-corrected chi connectivity index (χ3v) is 3.93. The van der Waals surface area contributed by atoms with Gasteiger partial charge in [-0.3, -0.25) is 4.79 Å². The Labute approximate surface area is 155 Å². The number of carboxylic acids is 1. The zero-order valence-corrected chi connectivity index (χ0v) is 14.9. The van der Waals surface area contributed by atoms with Crippen LogP contribution >= 0.6 is 0 Å². The lowest BCUT2D eigenvalue weighted by Crippen LogP contribution is -2.10. The van der Waals surface area contributed by atoms with Crippen LogP contribution in [0.25, 0.3) is 23.1 Å². The fourth-order valence-corrected chi connectivity index (χ4v) is 2.64. The number of fused-ring (bicyclic) bond motifs is 1. The third-order valence-electron chi connectivity index (χ3n) is 3.93. The fraction of sp³-hybridized carbons (Fsp3) is 0.143. The molecular weight excluding hydrogens is 348 g/mol. The molecule has 0 aliphatic heterocycles. The number of methoxy groups -OCH3 is 1. The Morgan fingerprint density at radius 2 is 2.00 bits per heavy atom. The van der Waals surface area contributed by atoms with Gasteiger partial charge in [0.15, 0.2) is 5.76 Å². The fourth-order valence-electron chi connectivity index (χ4n) is 2.64. The highest BCUT2D eigenvalue weighted by Crippen LogP contribution is 2.24. The summed E-state index contributed by atoms with van der Waals surface area (Å²) in [5.74, 6) is -0.0912. The smallest absolute Gasteiger partial charge is 0.335 e. The SMILES string of the molecule is CCOc1c(C=Cc2cccc(OC)c2)oc2ccc(C(=O)O)cc2c1=O. The van der Waals surface area contributed by atoms with Crippen molar-refractivity contribution >= 4 is 29.1 Å². The predicted octanol–water partition coefficient (Wildman–Crippen LogP) is 4.07. The zero-order chi connectivity index (χ0) is 19.4. The van der Waals surface area contributed by atoms with Gasteiger partial charge >= 0.3 is 5.97 Å². The molecule has 3 rings (SSSR count). The molecule has 0 unspecified atom stereocenters. The molecule has 1 heterocycles. The van der Waals surface area contributed by atoms with Crippen molar-refractivity contribution in [3.8, 4) is 11.5 Å². The van der Waals surface area contributed by atoms with Crippen molar-refractivity contribution in [1.29, 1.82) is 0 Å². The first-order chi connectivity index (χ1) is 13.0. The molecule has 0 spiro atoms. The Kier molecular flexibility index (Phi) is 5.26. The second-order valence-electron chi connectivity index (χ2n) is 5.68. The summed E-state index contributed by atoms with van der Waals surface area (Å²) < 4.78 is 16.5. The lowest BCUT2D eigenvalue weighted by atomic mass is 10.1. The Balaban J connectivity index is 2.12. The molecule has 1 N–H and O–H groups in total. The van der Waals surface area contributed by atoms with Crippen molar-refractivity contribution in [2.24, 2.45) is 0 Å². The number of aromatic carboxylic acids is 1. The van der Waals surface area contributed by atoms with E-state index in [1.54, 1.807) is 26.2 Å². The minimum Gasteiger partial charge on any atom is -0.497 e. The molecule has 0 bridgehead atoms. The summed E-state index contributed by atoms with van der Waals surface area (Å²) in [5.41, 5.74) is 0.753. The van der Waals surface area contributed by atoms with Gasteiger partial charge in [0.25, 0.3) is 0 Å². The van der Waals surface area contributed by atoms with Crippen molar-refractivity contribution in [2.75, 3.05) is 13.7 Å². The Hall–Kier alpha value is -3.54. The van der Waals surface area contributed by atoms with Gasteiger partial charge in [0.1, 0.15) is 11.3 Å². The van der Waals surface area contributed by atoms with Crippen LogP contribution in [0.3, 0.4) is 0 Å². The molecule has 6 heteroatoms. The number of carbonyl (C=O) groups is 1. The van der Waals surface area contributed by atoms with Gasteiger partial charge in [0.05, 0.1) is 24.7 Å². The molecule has 6 nitrogen and oxygen atoms in total. The summed E-state index contributed by atoms with van der Waals surface area (Å²) in [5, 5.41) is 9.29. The van der Waals surface area contributed by atoms with Crippen LogP contribution < -0.4 is 14.9 Å². The van der Waals surface area contributed by atoms with E-state index in [9.17, 15) is 9.59 Å². The number of hydrogen-bond acceptors (Lipinski definition) is 5. The summed E-state index contributed by atoms with van der Waals surface area (Å²) in [7, 11) is 1.59. The number of hydrogen-bond donors (Lipinski definition) is 1. The molecule has 0 amide bonds. The Bertz CT molecular complexity index is 1080. The van der Waals surface area contributed by atoms with E-state index in [2.05, 4.69) is 0 Å². The Morgan fingerprint density at radius 3 is 2.70 bits per heavy atom. The molecule has 2 aromatic carbocycles. The van der Waals surface area contributed by atoms with E-state index < -0.39 is 11.4 Å². The average Bonchev–Trinajstić information content (AvgIpc) is 2.68. The van der Waals surface area contributed by atoms with Crippen LogP contribution in [0, 0.1) is 0 Å². The monoisotopic (exact) mass is 366 g/mol. The summed E-state index contributed by atoms with van der Waals surface area (Å²) >= 11 is 0. The van der Waals surface area contributed by atoms with Gasteiger partial charge < -0.3 is 19.0 Å². The maximum Gasteiger partial charge on any atom is 0.335 e. The van der Waals surface area contributed by atoms with Crippen molar-refractivity contribution in [2.45, 2.75) is 6.92 Å². The average molecular weight is 366 g/mol. The van der Waals surface area contributed by atoms with Crippen LogP contribution in [-0.4, -0.2) is 24.8 Å². The number of benzene rings is 2. The van der Waals surface area contributed by atoms with E-state index >= 15 is 0 Å². The molecule has 27 heavy (non-hydrogen) atoms. The highest BCUT2D eigenvalue weighted by atomic mass is 16.5. The molecule has 0 aliphatic rings. The number of ether oxygens (including phenoxy) is 2. The summed E-state index contributed by atoms with van der Waals surface area (Å²) in [6.45, 7) is 2.03. The van der Waals surface area contributed by atoms with Gasteiger partial charge in [0.2, 0.25) is 11.2 Å². The van der Waals surface area contributed by atoms with E-state index in [0.717, 1.165) is 5.56 Å². The lowest BCUT2D eigenvalue weighted by molar-refractivity contribution is 0.0697. The summed E-state index contributed by atoms with van der Waals surface area (Å²) in [6.07, 6.45) is 3.42. The van der Waals surface area contributed by atoms with Crippen molar-refractivity contribution in [3.05, 3.63) is 69.6 Å². The maximum atomic E-state index is 12.8. The summed E-state index contributed by atoms with van der Waals surface area (Å²) in [4.78, 5) is 24.0. The predicted molar refractivity (Wildman–Crippen MR) is 103 cm³/mol. The molecule has 0 atom stereocenters. The largest absolute Gasteiger partial charge is 0.497 e. The van der Waals surface area contributed by atoms with Crippen LogP contribution in [0.4, 0.5) is 0 Å². The van der Waals surface area contributed by atoms with Gasteiger partial charge in [-0.05, 0) is 48.9 Å². The quantitative estimate of drug-likeness (QED) is 0.708. The van der Waals surface area contributed by atoms with Crippen LogP contribution in [0.1, 0.15) is 28.6 Å². The molecular formula is C21H18O6. The zero-order valence-electron chi connectivity index (χ0n) is 14.9. The normalized spacial score (nSPS) is 11.0. The second-order valence-corrected chi connectivity index (χ2v) is 5.68. The first kappa shape index (κ1) is 18.3.